The fourth-order valence-electron chi connectivity index (χ4n) is 2.61. The Morgan fingerprint density at radius 1 is 1.22 bits per heavy atom. The molecule has 0 aromatic carbocycles. The van der Waals surface area contributed by atoms with Gasteiger partial charge in [-0.05, 0) is 45.1 Å². The van der Waals surface area contributed by atoms with Crippen molar-refractivity contribution in [2.75, 3.05) is 19.6 Å². The molecule has 0 amide bonds. The number of thiocarbonyl (C=S) groups is 1. The average molecular weight is 271 g/mol. The molecular weight excluding hydrogens is 242 g/mol. The molecule has 1 saturated carbocycles. The van der Waals surface area contributed by atoms with Crippen LogP contribution in [0.1, 0.15) is 52.9 Å². The smallest absolute Gasteiger partial charge is 0.166 e. The third-order valence-corrected chi connectivity index (χ3v) is 3.98. The van der Waals surface area contributed by atoms with Crippen LogP contribution in [0.2, 0.25) is 0 Å². The van der Waals surface area contributed by atoms with E-state index in [4.69, 9.17) is 12.2 Å². The molecule has 0 saturated heterocycles. The van der Waals surface area contributed by atoms with Gasteiger partial charge in [0.1, 0.15) is 0 Å². The minimum Gasteiger partial charge on any atom is -0.360 e. The Labute approximate surface area is 118 Å². The van der Waals surface area contributed by atoms with Gasteiger partial charge < -0.3 is 15.5 Å². The van der Waals surface area contributed by atoms with E-state index < -0.39 is 0 Å². The maximum atomic E-state index is 5.40. The van der Waals surface area contributed by atoms with Crippen LogP contribution in [-0.2, 0) is 0 Å². The third kappa shape index (κ3) is 6.01. The molecule has 1 aliphatic carbocycles. The van der Waals surface area contributed by atoms with Crippen molar-refractivity contribution in [3.05, 3.63) is 0 Å². The number of nitrogens with zero attached hydrogens (tertiary/aromatic N) is 1. The molecule has 0 aromatic heterocycles. The maximum Gasteiger partial charge on any atom is 0.166 e. The topological polar surface area (TPSA) is 27.3 Å². The van der Waals surface area contributed by atoms with Crippen LogP contribution in [0.15, 0.2) is 0 Å². The summed E-state index contributed by atoms with van der Waals surface area (Å²) < 4.78 is 0. The number of nitrogens with one attached hydrogen (secondary N) is 2. The first kappa shape index (κ1) is 15.7. The van der Waals surface area contributed by atoms with Crippen molar-refractivity contribution < 1.29 is 0 Å². The highest BCUT2D eigenvalue weighted by Crippen LogP contribution is 2.17. The van der Waals surface area contributed by atoms with E-state index in [1.807, 2.05) is 0 Å². The molecule has 1 atom stereocenters. The lowest BCUT2D eigenvalue weighted by atomic mass is 9.96. The monoisotopic (exact) mass is 271 g/mol. The summed E-state index contributed by atoms with van der Waals surface area (Å²) in [7, 11) is 0. The zero-order valence-electron chi connectivity index (χ0n) is 12.2. The minimum atomic E-state index is 0.411. The Hall–Kier alpha value is -0.350. The lowest BCUT2D eigenvalue weighted by Crippen LogP contribution is -2.49. The van der Waals surface area contributed by atoms with Crippen LogP contribution in [0.25, 0.3) is 0 Å². The van der Waals surface area contributed by atoms with Gasteiger partial charge in [-0.3, -0.25) is 0 Å². The highest BCUT2D eigenvalue weighted by atomic mass is 32.1. The van der Waals surface area contributed by atoms with Crippen LogP contribution >= 0.6 is 12.2 Å². The largest absolute Gasteiger partial charge is 0.360 e. The van der Waals surface area contributed by atoms with Crippen molar-refractivity contribution in [1.29, 1.82) is 0 Å². The van der Waals surface area contributed by atoms with Crippen molar-refractivity contribution in [1.82, 2.24) is 15.5 Å². The third-order valence-electron chi connectivity index (χ3n) is 3.74. The van der Waals surface area contributed by atoms with Crippen molar-refractivity contribution in [2.45, 2.75) is 65.0 Å². The molecule has 1 aliphatic rings. The van der Waals surface area contributed by atoms with Gasteiger partial charge in [-0.2, -0.15) is 0 Å². The van der Waals surface area contributed by atoms with Gasteiger partial charge in [0.15, 0.2) is 5.11 Å². The lowest BCUT2D eigenvalue weighted by molar-refractivity contribution is 0.281. The summed E-state index contributed by atoms with van der Waals surface area (Å²) in [5, 5.41) is 7.70. The highest BCUT2D eigenvalue weighted by molar-refractivity contribution is 7.80. The Kier molecular flexibility index (Phi) is 7.59. The second-order valence-electron chi connectivity index (χ2n) is 5.34. The Bertz CT molecular complexity index is 235. The van der Waals surface area contributed by atoms with Gasteiger partial charge in [0.2, 0.25) is 0 Å². The van der Waals surface area contributed by atoms with Gasteiger partial charge >= 0.3 is 0 Å². The predicted molar refractivity (Wildman–Crippen MR) is 83.0 cm³/mol. The summed E-state index contributed by atoms with van der Waals surface area (Å²) in [6.07, 6.45) is 6.61. The maximum absolute atomic E-state index is 5.40. The molecule has 0 spiro atoms. The van der Waals surface area contributed by atoms with Gasteiger partial charge in [0, 0.05) is 18.6 Å². The van der Waals surface area contributed by atoms with Crippen LogP contribution < -0.4 is 10.6 Å². The minimum absolute atomic E-state index is 0.411. The van der Waals surface area contributed by atoms with E-state index in [0.717, 1.165) is 24.7 Å². The van der Waals surface area contributed by atoms with Crippen LogP contribution in [0.5, 0.6) is 0 Å². The van der Waals surface area contributed by atoms with E-state index >= 15 is 0 Å². The standard InChI is InChI=1S/C14H29N3S/c1-4-17(5-2)11-12(3)15-14(18)16-13-9-7-6-8-10-13/h12-13H,4-11H2,1-3H3,(H2,15,16,18). The molecule has 0 heterocycles. The summed E-state index contributed by atoms with van der Waals surface area (Å²) in [4.78, 5) is 2.42. The summed E-state index contributed by atoms with van der Waals surface area (Å²) in [6.45, 7) is 9.87. The molecule has 0 aliphatic heterocycles. The van der Waals surface area contributed by atoms with Gasteiger partial charge in [0.05, 0.1) is 0 Å². The van der Waals surface area contributed by atoms with E-state index in [-0.39, 0.29) is 0 Å². The van der Waals surface area contributed by atoms with Crippen molar-refractivity contribution >= 4 is 17.3 Å². The molecule has 4 heteroatoms. The zero-order chi connectivity index (χ0) is 13.4. The average Bonchev–Trinajstić information content (AvgIpc) is 2.36. The Balaban J connectivity index is 2.21. The van der Waals surface area contributed by atoms with Crippen LogP contribution in [-0.4, -0.2) is 41.7 Å². The number of likely N-dealkylation sites (N-methyl/N-ethyl adjacent to an activating group) is 1. The molecule has 1 rings (SSSR count). The van der Waals surface area contributed by atoms with Gasteiger partial charge in [-0.15, -0.1) is 0 Å². The first-order chi connectivity index (χ1) is 8.65. The Morgan fingerprint density at radius 3 is 2.39 bits per heavy atom. The fraction of sp³-hybridized carbons (Fsp3) is 0.929. The lowest BCUT2D eigenvalue weighted by Gasteiger charge is -2.28. The molecule has 0 aromatic rings. The molecule has 3 nitrogen and oxygen atoms in total. The quantitative estimate of drug-likeness (QED) is 0.726. The van der Waals surface area contributed by atoms with E-state index in [0.29, 0.717) is 12.1 Å². The van der Waals surface area contributed by atoms with E-state index in [1.165, 1.54) is 32.1 Å². The second-order valence-corrected chi connectivity index (χ2v) is 5.75. The van der Waals surface area contributed by atoms with Crippen LogP contribution in [0.4, 0.5) is 0 Å². The van der Waals surface area contributed by atoms with E-state index in [9.17, 15) is 0 Å². The summed E-state index contributed by atoms with van der Waals surface area (Å²) in [5.41, 5.74) is 0. The SMILES string of the molecule is CCN(CC)CC(C)NC(=S)NC1CCCCC1. The number of hydrogen-bond acceptors (Lipinski definition) is 2. The zero-order valence-corrected chi connectivity index (χ0v) is 13.0. The molecule has 18 heavy (non-hydrogen) atoms. The second kappa shape index (κ2) is 8.70. The van der Waals surface area contributed by atoms with Gasteiger partial charge in [0.25, 0.3) is 0 Å². The molecule has 106 valence electrons. The summed E-state index contributed by atoms with van der Waals surface area (Å²) in [6, 6.07) is 1.01. The number of rotatable bonds is 6. The molecule has 0 bridgehead atoms. The fourth-order valence-corrected chi connectivity index (χ4v) is 2.98. The highest BCUT2D eigenvalue weighted by Gasteiger charge is 2.15. The first-order valence-electron chi connectivity index (χ1n) is 7.45. The predicted octanol–water partition coefficient (Wildman–Crippen LogP) is 2.51. The Morgan fingerprint density at radius 2 is 1.83 bits per heavy atom. The van der Waals surface area contributed by atoms with Crippen LogP contribution in [0, 0.1) is 0 Å². The summed E-state index contributed by atoms with van der Waals surface area (Å²) >= 11 is 5.40. The van der Waals surface area contributed by atoms with E-state index in [2.05, 4.69) is 36.3 Å². The van der Waals surface area contributed by atoms with Crippen molar-refractivity contribution in [3.8, 4) is 0 Å². The van der Waals surface area contributed by atoms with Crippen molar-refractivity contribution in [2.24, 2.45) is 0 Å². The molecule has 1 fully saturated rings. The molecular formula is C14H29N3S. The molecule has 0 radical (unpaired) electrons. The van der Waals surface area contributed by atoms with Crippen LogP contribution in [0.3, 0.4) is 0 Å². The molecule has 2 N–H and O–H groups in total. The normalized spacial score (nSPS) is 18.7. The van der Waals surface area contributed by atoms with Gasteiger partial charge in [-0.25, -0.2) is 0 Å². The number of hydrogen-bond donors (Lipinski definition) is 2. The summed E-state index contributed by atoms with van der Waals surface area (Å²) in [5.74, 6) is 0. The van der Waals surface area contributed by atoms with Crippen molar-refractivity contribution in [3.63, 3.8) is 0 Å². The first-order valence-corrected chi connectivity index (χ1v) is 7.85. The van der Waals surface area contributed by atoms with Gasteiger partial charge in [-0.1, -0.05) is 33.1 Å². The van der Waals surface area contributed by atoms with E-state index in [1.54, 1.807) is 0 Å². The molecule has 1 unspecified atom stereocenters.